The van der Waals surface area contributed by atoms with Crippen molar-refractivity contribution in [3.8, 4) is 11.5 Å². The molecule has 7 nitrogen and oxygen atoms in total. The van der Waals surface area contributed by atoms with Gasteiger partial charge in [0.25, 0.3) is 5.56 Å². The third-order valence-electron chi connectivity index (χ3n) is 6.96. The van der Waals surface area contributed by atoms with Crippen LogP contribution in [0.25, 0.3) is 0 Å². The zero-order valence-corrected chi connectivity index (χ0v) is 23.7. The maximum atomic E-state index is 13.9. The van der Waals surface area contributed by atoms with Crippen LogP contribution in [0.5, 0.6) is 11.5 Å². The Labute approximate surface area is 238 Å². The third-order valence-corrected chi connectivity index (χ3v) is 7.50. The van der Waals surface area contributed by atoms with E-state index in [1.54, 1.807) is 30.9 Å². The van der Waals surface area contributed by atoms with Crippen molar-refractivity contribution in [1.82, 2.24) is 14.5 Å². The summed E-state index contributed by atoms with van der Waals surface area (Å²) < 4.78 is 12.6. The lowest BCUT2D eigenvalue weighted by molar-refractivity contribution is 0.200. The highest BCUT2D eigenvalue weighted by molar-refractivity contribution is 6.36. The summed E-state index contributed by atoms with van der Waals surface area (Å²) in [7, 11) is 3.25. The first-order valence-electron chi connectivity index (χ1n) is 12.7. The molecule has 0 spiro atoms. The number of anilines is 2. The van der Waals surface area contributed by atoms with Crippen molar-refractivity contribution in [2.75, 3.05) is 32.3 Å². The van der Waals surface area contributed by atoms with Crippen LogP contribution in [0.1, 0.15) is 22.4 Å². The second kappa shape index (κ2) is 11.7. The summed E-state index contributed by atoms with van der Waals surface area (Å²) in [5.41, 5.74) is 4.27. The average molecular weight is 566 g/mol. The molecule has 0 amide bonds. The number of benzene rings is 3. The van der Waals surface area contributed by atoms with Crippen LogP contribution in [0.4, 0.5) is 11.6 Å². The summed E-state index contributed by atoms with van der Waals surface area (Å²) >= 11 is 12.8. The molecule has 1 aliphatic heterocycles. The molecular formula is C30H30Cl2N4O3. The molecule has 0 radical (unpaired) electrons. The van der Waals surface area contributed by atoms with Crippen molar-refractivity contribution in [2.45, 2.75) is 26.4 Å². The van der Waals surface area contributed by atoms with Gasteiger partial charge in [-0.15, -0.1) is 0 Å². The fourth-order valence-electron chi connectivity index (χ4n) is 4.88. The number of aromatic nitrogens is 2. The molecule has 39 heavy (non-hydrogen) atoms. The SMILES string of the molecule is COc1ccc(CCN2CN(c3ccc(Cl)cc3Cl)c3nc(C)c(Cc4ccccc4)c(=O)n3C2)cc1OC. The van der Waals surface area contributed by atoms with Gasteiger partial charge in [-0.25, -0.2) is 4.98 Å². The first-order valence-corrected chi connectivity index (χ1v) is 13.4. The molecule has 0 unspecified atom stereocenters. The lowest BCUT2D eigenvalue weighted by atomic mass is 10.1. The molecule has 0 saturated heterocycles. The Kier molecular flexibility index (Phi) is 8.12. The number of nitrogens with zero attached hydrogens (tertiary/aromatic N) is 4. The minimum absolute atomic E-state index is 0.0488. The summed E-state index contributed by atoms with van der Waals surface area (Å²) in [6.07, 6.45) is 1.27. The number of fused-ring (bicyclic) bond motifs is 1. The predicted molar refractivity (Wildman–Crippen MR) is 156 cm³/mol. The standard InChI is InChI=1S/C30H30Cl2N4O3/c1-20-24(15-21-7-5-4-6-8-21)29(37)36-19-34(14-13-22-9-12-27(38-2)28(16-22)39-3)18-35(30(36)33-20)26-11-10-23(31)17-25(26)32/h4-12,16-17H,13-15,18-19H2,1-3H3. The van der Waals surface area contributed by atoms with Gasteiger partial charge >= 0.3 is 0 Å². The summed E-state index contributed by atoms with van der Waals surface area (Å²) in [5, 5.41) is 1.04. The molecule has 4 aromatic rings. The van der Waals surface area contributed by atoms with E-state index in [0.29, 0.717) is 65.1 Å². The van der Waals surface area contributed by atoms with E-state index in [1.807, 2.05) is 66.4 Å². The van der Waals surface area contributed by atoms with Crippen molar-refractivity contribution < 1.29 is 9.47 Å². The number of ether oxygens (including phenoxy) is 2. The number of methoxy groups -OCH3 is 2. The van der Waals surface area contributed by atoms with Gasteiger partial charge in [0.15, 0.2) is 11.5 Å². The Morgan fingerprint density at radius 3 is 2.38 bits per heavy atom. The lowest BCUT2D eigenvalue weighted by Crippen LogP contribution is -2.48. The van der Waals surface area contributed by atoms with E-state index in [0.717, 1.165) is 23.2 Å². The molecule has 0 atom stereocenters. The van der Waals surface area contributed by atoms with Crippen LogP contribution in [-0.2, 0) is 19.5 Å². The predicted octanol–water partition coefficient (Wildman–Crippen LogP) is 6.08. The van der Waals surface area contributed by atoms with Gasteiger partial charge in [0, 0.05) is 23.6 Å². The van der Waals surface area contributed by atoms with Gasteiger partial charge in [0.05, 0.1) is 44.0 Å². The smallest absolute Gasteiger partial charge is 0.259 e. The van der Waals surface area contributed by atoms with Crippen LogP contribution in [-0.4, -0.2) is 41.9 Å². The van der Waals surface area contributed by atoms with Crippen molar-refractivity contribution >= 4 is 34.8 Å². The van der Waals surface area contributed by atoms with Gasteiger partial charge in [0.2, 0.25) is 5.95 Å². The number of hydrogen-bond donors (Lipinski definition) is 0. The minimum Gasteiger partial charge on any atom is -0.493 e. The van der Waals surface area contributed by atoms with Crippen LogP contribution in [0.3, 0.4) is 0 Å². The van der Waals surface area contributed by atoms with E-state index in [1.165, 1.54) is 0 Å². The van der Waals surface area contributed by atoms with Crippen LogP contribution in [0.15, 0.2) is 71.5 Å². The molecule has 0 saturated carbocycles. The topological polar surface area (TPSA) is 59.8 Å². The molecule has 0 fully saturated rings. The maximum absolute atomic E-state index is 13.9. The molecular weight excluding hydrogens is 535 g/mol. The third kappa shape index (κ3) is 5.76. The van der Waals surface area contributed by atoms with Gasteiger partial charge in [-0.2, -0.15) is 0 Å². The molecule has 0 N–H and O–H groups in total. The van der Waals surface area contributed by atoms with E-state index in [4.69, 9.17) is 37.7 Å². The monoisotopic (exact) mass is 564 g/mol. The number of halogens is 2. The van der Waals surface area contributed by atoms with Crippen molar-refractivity contribution in [3.63, 3.8) is 0 Å². The Morgan fingerprint density at radius 2 is 1.67 bits per heavy atom. The lowest BCUT2D eigenvalue weighted by Gasteiger charge is -2.38. The molecule has 202 valence electrons. The van der Waals surface area contributed by atoms with E-state index in [9.17, 15) is 4.79 Å². The van der Waals surface area contributed by atoms with Crippen LogP contribution >= 0.6 is 23.2 Å². The molecule has 0 aliphatic carbocycles. The number of aryl methyl sites for hydroxylation is 1. The Bertz CT molecular complexity index is 1540. The van der Waals surface area contributed by atoms with Crippen molar-refractivity contribution in [1.29, 1.82) is 0 Å². The quantitative estimate of drug-likeness (QED) is 0.258. The fraction of sp³-hybridized carbons (Fsp3) is 0.267. The van der Waals surface area contributed by atoms with Gasteiger partial charge < -0.3 is 9.47 Å². The van der Waals surface area contributed by atoms with Crippen LogP contribution in [0, 0.1) is 6.92 Å². The fourth-order valence-corrected chi connectivity index (χ4v) is 5.39. The van der Waals surface area contributed by atoms with E-state index in [-0.39, 0.29) is 5.56 Å². The Hall–Kier alpha value is -3.52. The highest BCUT2D eigenvalue weighted by Gasteiger charge is 2.29. The molecule has 0 bridgehead atoms. The van der Waals surface area contributed by atoms with Gasteiger partial charge in [0.1, 0.15) is 0 Å². The van der Waals surface area contributed by atoms with Crippen LogP contribution < -0.4 is 19.9 Å². The van der Waals surface area contributed by atoms with Gasteiger partial charge in [-0.3, -0.25) is 19.2 Å². The van der Waals surface area contributed by atoms with Gasteiger partial charge in [-0.05, 0) is 54.8 Å². The average Bonchev–Trinajstić information content (AvgIpc) is 2.94. The molecule has 5 rings (SSSR count). The minimum atomic E-state index is -0.0488. The first kappa shape index (κ1) is 27.1. The number of rotatable bonds is 8. The van der Waals surface area contributed by atoms with Crippen molar-refractivity contribution in [3.05, 3.63) is 110 Å². The zero-order valence-electron chi connectivity index (χ0n) is 22.2. The second-order valence-corrected chi connectivity index (χ2v) is 10.4. The summed E-state index contributed by atoms with van der Waals surface area (Å²) in [4.78, 5) is 23.0. The molecule has 2 heterocycles. The Balaban J connectivity index is 1.50. The van der Waals surface area contributed by atoms with E-state index >= 15 is 0 Å². The largest absolute Gasteiger partial charge is 0.493 e. The van der Waals surface area contributed by atoms with Crippen molar-refractivity contribution in [2.24, 2.45) is 0 Å². The van der Waals surface area contributed by atoms with E-state index < -0.39 is 0 Å². The highest BCUT2D eigenvalue weighted by Crippen LogP contribution is 2.35. The number of hydrogen-bond acceptors (Lipinski definition) is 6. The molecule has 3 aromatic carbocycles. The van der Waals surface area contributed by atoms with E-state index in [2.05, 4.69) is 4.90 Å². The van der Waals surface area contributed by atoms with Gasteiger partial charge in [-0.1, -0.05) is 59.6 Å². The van der Waals surface area contributed by atoms with Crippen LogP contribution in [0.2, 0.25) is 10.0 Å². The normalized spacial score (nSPS) is 13.3. The maximum Gasteiger partial charge on any atom is 0.259 e. The summed E-state index contributed by atoms with van der Waals surface area (Å²) in [6, 6.07) is 21.3. The summed E-state index contributed by atoms with van der Waals surface area (Å²) in [5.74, 6) is 1.95. The first-order chi connectivity index (χ1) is 18.9. The zero-order chi connectivity index (χ0) is 27.5. The molecule has 1 aromatic heterocycles. The molecule has 1 aliphatic rings. The second-order valence-electron chi connectivity index (χ2n) is 9.51. The molecule has 9 heteroatoms. The Morgan fingerprint density at radius 1 is 0.897 bits per heavy atom. The summed E-state index contributed by atoms with van der Waals surface area (Å²) in [6.45, 7) is 3.52. The highest BCUT2D eigenvalue weighted by atomic mass is 35.5.